The van der Waals surface area contributed by atoms with Gasteiger partial charge in [-0.25, -0.2) is 0 Å². The Morgan fingerprint density at radius 2 is 2.04 bits per heavy atom. The molecule has 2 amide bonds. The fourth-order valence-electron chi connectivity index (χ4n) is 2.99. The molecule has 0 unspecified atom stereocenters. The molecule has 0 spiro atoms. The van der Waals surface area contributed by atoms with Gasteiger partial charge in [0.1, 0.15) is 0 Å². The number of rotatable bonds is 2. The molecule has 4 rings (SSSR count). The van der Waals surface area contributed by atoms with Gasteiger partial charge in [0.25, 0.3) is 5.91 Å². The van der Waals surface area contributed by atoms with Gasteiger partial charge >= 0.3 is 0 Å². The Morgan fingerprint density at radius 1 is 1.17 bits per heavy atom. The van der Waals surface area contributed by atoms with E-state index in [9.17, 15) is 9.59 Å². The highest BCUT2D eigenvalue weighted by molar-refractivity contribution is 6.11. The van der Waals surface area contributed by atoms with Crippen LogP contribution in [0.25, 0.3) is 10.9 Å². The lowest BCUT2D eigenvalue weighted by molar-refractivity contribution is -0.114. The number of hydrogen-bond acceptors (Lipinski definition) is 2. The van der Waals surface area contributed by atoms with Gasteiger partial charge in [-0.05, 0) is 41.3 Å². The largest absolute Gasteiger partial charge is 0.361 e. The first-order valence-electron chi connectivity index (χ1n) is 7.41. The second-order valence-corrected chi connectivity index (χ2v) is 5.69. The number of benzene rings is 2. The second-order valence-electron chi connectivity index (χ2n) is 5.69. The Hall–Kier alpha value is -3.08. The van der Waals surface area contributed by atoms with E-state index in [1.54, 1.807) is 11.0 Å². The maximum Gasteiger partial charge on any atom is 0.259 e. The van der Waals surface area contributed by atoms with Crippen LogP contribution in [-0.4, -0.2) is 16.8 Å². The Morgan fingerprint density at radius 3 is 2.87 bits per heavy atom. The topological polar surface area (TPSA) is 65.2 Å². The molecule has 1 aliphatic heterocycles. The molecule has 1 aromatic heterocycles. The van der Waals surface area contributed by atoms with Crippen molar-refractivity contribution < 1.29 is 9.59 Å². The van der Waals surface area contributed by atoms with Gasteiger partial charge in [-0.2, -0.15) is 0 Å². The summed E-state index contributed by atoms with van der Waals surface area (Å²) in [5.41, 5.74) is 4.12. The minimum atomic E-state index is -0.149. The molecule has 23 heavy (non-hydrogen) atoms. The van der Waals surface area contributed by atoms with Crippen LogP contribution in [0, 0.1) is 0 Å². The molecule has 2 N–H and O–H groups in total. The maximum atomic E-state index is 12.7. The average Bonchev–Trinajstić information content (AvgIpc) is 3.11. The smallest absolute Gasteiger partial charge is 0.259 e. The third-order valence-corrected chi connectivity index (χ3v) is 4.08. The van der Waals surface area contributed by atoms with Gasteiger partial charge in [0, 0.05) is 35.6 Å². The molecule has 0 bridgehead atoms. The van der Waals surface area contributed by atoms with E-state index >= 15 is 0 Å². The summed E-state index contributed by atoms with van der Waals surface area (Å²) < 4.78 is 0. The van der Waals surface area contributed by atoms with E-state index in [4.69, 9.17) is 0 Å². The third-order valence-electron chi connectivity index (χ3n) is 4.08. The van der Waals surface area contributed by atoms with Crippen LogP contribution in [0.2, 0.25) is 0 Å². The third kappa shape index (κ3) is 2.26. The lowest BCUT2D eigenvalue weighted by Crippen LogP contribution is -2.22. The van der Waals surface area contributed by atoms with Crippen molar-refractivity contribution in [3.63, 3.8) is 0 Å². The summed E-state index contributed by atoms with van der Waals surface area (Å²) in [6, 6.07) is 13.4. The van der Waals surface area contributed by atoms with E-state index in [1.165, 1.54) is 6.92 Å². The number of aromatic amines is 1. The van der Waals surface area contributed by atoms with Crippen molar-refractivity contribution in [1.29, 1.82) is 0 Å². The zero-order chi connectivity index (χ0) is 16.0. The van der Waals surface area contributed by atoms with Gasteiger partial charge in [-0.3, -0.25) is 9.59 Å². The highest BCUT2D eigenvalue weighted by Gasteiger charge is 2.28. The number of fused-ring (bicyclic) bond motifs is 2. The number of H-pyrrole nitrogens is 1. The summed E-state index contributed by atoms with van der Waals surface area (Å²) in [5.74, 6) is -0.192. The first-order chi connectivity index (χ1) is 11.1. The van der Waals surface area contributed by atoms with Crippen molar-refractivity contribution >= 4 is 34.1 Å². The van der Waals surface area contributed by atoms with Gasteiger partial charge in [-0.15, -0.1) is 0 Å². The number of hydrogen-bond donors (Lipinski definition) is 2. The molecule has 0 atom stereocenters. The number of aromatic nitrogens is 1. The summed E-state index contributed by atoms with van der Waals surface area (Å²) in [6.45, 7) is 1.99. The summed E-state index contributed by atoms with van der Waals surface area (Å²) in [5, 5.41) is 3.83. The van der Waals surface area contributed by atoms with Crippen LogP contribution in [0.4, 0.5) is 11.4 Å². The van der Waals surface area contributed by atoms with Crippen LogP contribution in [0.15, 0.2) is 48.7 Å². The molecule has 5 heteroatoms. The van der Waals surface area contributed by atoms with Crippen LogP contribution in [0.3, 0.4) is 0 Å². The van der Waals surface area contributed by atoms with Crippen LogP contribution >= 0.6 is 0 Å². The number of nitrogens with zero attached hydrogens (tertiary/aromatic N) is 1. The Kier molecular flexibility index (Phi) is 2.94. The summed E-state index contributed by atoms with van der Waals surface area (Å²) >= 11 is 0. The molecular formula is C18H15N3O2. The Balaban J connectivity index is 1.69. The quantitative estimate of drug-likeness (QED) is 0.763. The first kappa shape index (κ1) is 13.6. The molecule has 114 valence electrons. The van der Waals surface area contributed by atoms with Crippen molar-refractivity contribution in [3.05, 3.63) is 59.8 Å². The standard InChI is InChI=1S/C18H15N3O2/c1-11(22)20-14-4-2-13-10-21(18(23)16(13)8-14)15-5-3-12-6-7-19-17(12)9-15/h2-9,19H,10H2,1H3,(H,20,22). The monoisotopic (exact) mass is 305 g/mol. The summed E-state index contributed by atoms with van der Waals surface area (Å²) in [6.07, 6.45) is 1.88. The van der Waals surface area contributed by atoms with E-state index < -0.39 is 0 Å². The lowest BCUT2D eigenvalue weighted by atomic mass is 10.1. The van der Waals surface area contributed by atoms with E-state index in [0.717, 1.165) is 22.2 Å². The van der Waals surface area contributed by atoms with Crippen molar-refractivity contribution in [2.75, 3.05) is 10.2 Å². The predicted octanol–water partition coefficient (Wildman–Crippen LogP) is 3.29. The molecule has 0 saturated heterocycles. The number of nitrogens with one attached hydrogen (secondary N) is 2. The zero-order valence-corrected chi connectivity index (χ0v) is 12.6. The first-order valence-corrected chi connectivity index (χ1v) is 7.41. The summed E-state index contributed by atoms with van der Waals surface area (Å²) in [7, 11) is 0. The molecule has 5 nitrogen and oxygen atoms in total. The number of amides is 2. The number of anilines is 2. The predicted molar refractivity (Wildman–Crippen MR) is 89.6 cm³/mol. The minimum Gasteiger partial charge on any atom is -0.361 e. The van der Waals surface area contributed by atoms with Gasteiger partial charge in [0.05, 0.1) is 6.54 Å². The normalized spacial score (nSPS) is 13.4. The van der Waals surface area contributed by atoms with Crippen LogP contribution in [-0.2, 0) is 11.3 Å². The fourth-order valence-corrected chi connectivity index (χ4v) is 2.99. The van der Waals surface area contributed by atoms with Crippen molar-refractivity contribution in [2.45, 2.75) is 13.5 Å². The van der Waals surface area contributed by atoms with Crippen LogP contribution in [0.1, 0.15) is 22.8 Å². The molecule has 3 aromatic rings. The molecule has 0 saturated carbocycles. The van der Waals surface area contributed by atoms with Crippen LogP contribution < -0.4 is 10.2 Å². The van der Waals surface area contributed by atoms with Crippen molar-refractivity contribution in [3.8, 4) is 0 Å². The Bertz CT molecular complexity index is 942. The fraction of sp³-hybridized carbons (Fsp3) is 0.111. The molecule has 2 heterocycles. The SMILES string of the molecule is CC(=O)Nc1ccc2c(c1)C(=O)N(c1ccc3cc[nH]c3c1)C2. The number of carbonyl (C=O) groups excluding carboxylic acids is 2. The van der Waals surface area contributed by atoms with E-state index in [2.05, 4.69) is 10.3 Å². The molecule has 0 aliphatic carbocycles. The van der Waals surface area contributed by atoms with Crippen LogP contribution in [0.5, 0.6) is 0 Å². The van der Waals surface area contributed by atoms with E-state index in [1.807, 2.05) is 42.6 Å². The molecule has 0 radical (unpaired) electrons. The second kappa shape index (κ2) is 4.98. The molecule has 0 fully saturated rings. The molecule has 2 aromatic carbocycles. The highest BCUT2D eigenvalue weighted by Crippen LogP contribution is 2.31. The van der Waals surface area contributed by atoms with Gasteiger partial charge in [0.2, 0.25) is 5.91 Å². The summed E-state index contributed by atoms with van der Waals surface area (Å²) in [4.78, 5) is 28.8. The van der Waals surface area contributed by atoms with E-state index in [-0.39, 0.29) is 11.8 Å². The van der Waals surface area contributed by atoms with Gasteiger partial charge in [0.15, 0.2) is 0 Å². The molecule has 1 aliphatic rings. The zero-order valence-electron chi connectivity index (χ0n) is 12.6. The van der Waals surface area contributed by atoms with Gasteiger partial charge in [-0.1, -0.05) is 12.1 Å². The van der Waals surface area contributed by atoms with Crippen molar-refractivity contribution in [1.82, 2.24) is 4.98 Å². The lowest BCUT2D eigenvalue weighted by Gasteiger charge is -2.15. The number of carbonyl (C=O) groups is 2. The minimum absolute atomic E-state index is 0.0434. The average molecular weight is 305 g/mol. The highest BCUT2D eigenvalue weighted by atomic mass is 16.2. The van der Waals surface area contributed by atoms with Crippen molar-refractivity contribution in [2.24, 2.45) is 0 Å². The Labute approximate surface area is 132 Å². The van der Waals surface area contributed by atoms with Gasteiger partial charge < -0.3 is 15.2 Å². The van der Waals surface area contributed by atoms with E-state index in [0.29, 0.717) is 17.8 Å². The maximum absolute atomic E-state index is 12.7. The molecular weight excluding hydrogens is 290 g/mol.